The zero-order chi connectivity index (χ0) is 12.8. The first kappa shape index (κ1) is 13.5. The molecule has 2 heterocycles. The highest BCUT2D eigenvalue weighted by molar-refractivity contribution is 4.73. The lowest BCUT2D eigenvalue weighted by Crippen LogP contribution is -2.45. The number of morpholine rings is 1. The average Bonchev–Trinajstić information content (AvgIpc) is 2.91. The van der Waals surface area contributed by atoms with Crippen molar-refractivity contribution in [3.63, 3.8) is 0 Å². The Labute approximate surface area is 108 Å². The highest BCUT2D eigenvalue weighted by Crippen LogP contribution is 2.02. The topological polar surface area (TPSA) is 55.2 Å². The summed E-state index contributed by atoms with van der Waals surface area (Å²) in [5.74, 6) is 0. The molecular formula is C12H23N5O. The second-order valence-electron chi connectivity index (χ2n) is 4.95. The zero-order valence-electron chi connectivity index (χ0n) is 11.2. The van der Waals surface area contributed by atoms with Gasteiger partial charge < -0.3 is 10.1 Å². The second-order valence-corrected chi connectivity index (χ2v) is 4.95. The molecule has 6 nitrogen and oxygen atoms in total. The fraction of sp³-hybridized carbons (Fsp3) is 0.833. The molecule has 0 radical (unpaired) electrons. The van der Waals surface area contributed by atoms with Gasteiger partial charge in [0.2, 0.25) is 0 Å². The predicted molar refractivity (Wildman–Crippen MR) is 69.5 cm³/mol. The summed E-state index contributed by atoms with van der Waals surface area (Å²) in [4.78, 5) is 6.41. The molecule has 1 aromatic rings. The summed E-state index contributed by atoms with van der Waals surface area (Å²) in [6.07, 6.45) is 3.34. The molecule has 2 atom stereocenters. The van der Waals surface area contributed by atoms with E-state index in [9.17, 15) is 0 Å². The van der Waals surface area contributed by atoms with Crippen LogP contribution in [-0.2, 0) is 4.74 Å². The molecule has 1 aliphatic rings. The third-order valence-electron chi connectivity index (χ3n) is 3.29. The van der Waals surface area contributed by atoms with Crippen molar-refractivity contribution in [2.75, 3.05) is 39.4 Å². The van der Waals surface area contributed by atoms with Crippen LogP contribution in [0.5, 0.6) is 0 Å². The Kier molecular flexibility index (Phi) is 5.10. The van der Waals surface area contributed by atoms with Crippen LogP contribution in [0.25, 0.3) is 0 Å². The Bertz CT molecular complexity index is 323. The molecule has 1 aromatic heterocycles. The van der Waals surface area contributed by atoms with Crippen molar-refractivity contribution >= 4 is 0 Å². The van der Waals surface area contributed by atoms with Crippen LogP contribution in [0, 0.1) is 0 Å². The van der Waals surface area contributed by atoms with Crippen LogP contribution in [0.1, 0.15) is 19.9 Å². The number of ether oxygens (including phenoxy) is 1. The molecule has 0 bridgehead atoms. The lowest BCUT2D eigenvalue weighted by Gasteiger charge is -2.29. The van der Waals surface area contributed by atoms with Crippen LogP contribution >= 0.6 is 0 Å². The lowest BCUT2D eigenvalue weighted by atomic mass is 10.2. The first-order valence-corrected chi connectivity index (χ1v) is 6.63. The van der Waals surface area contributed by atoms with E-state index in [-0.39, 0.29) is 0 Å². The van der Waals surface area contributed by atoms with Gasteiger partial charge in [0.15, 0.2) is 0 Å². The van der Waals surface area contributed by atoms with Crippen molar-refractivity contribution in [3.8, 4) is 0 Å². The smallest absolute Gasteiger partial charge is 0.137 e. The number of hydrogen-bond donors (Lipinski definition) is 1. The van der Waals surface area contributed by atoms with Crippen LogP contribution < -0.4 is 5.32 Å². The van der Waals surface area contributed by atoms with Gasteiger partial charge in [-0.05, 0) is 13.8 Å². The third kappa shape index (κ3) is 4.04. The molecule has 0 saturated carbocycles. The van der Waals surface area contributed by atoms with Crippen molar-refractivity contribution in [2.45, 2.75) is 25.9 Å². The van der Waals surface area contributed by atoms with Crippen LogP contribution in [-0.4, -0.2) is 65.1 Å². The Hall–Kier alpha value is -0.980. The van der Waals surface area contributed by atoms with Gasteiger partial charge in [0, 0.05) is 32.2 Å². The first-order chi connectivity index (χ1) is 8.75. The molecule has 2 rings (SSSR count). The molecule has 18 heavy (non-hydrogen) atoms. The standard InChI is InChI=1S/C12H23N5O/c1-11(8-16-3-5-18-6-4-16)14-7-12(2)17-10-13-9-15-17/h9-12,14H,3-8H2,1-2H3. The summed E-state index contributed by atoms with van der Waals surface area (Å²) >= 11 is 0. The predicted octanol–water partition coefficient (Wildman–Crippen LogP) is 0.149. The molecule has 6 heteroatoms. The summed E-state index contributed by atoms with van der Waals surface area (Å²) in [7, 11) is 0. The minimum absolute atomic E-state index is 0.333. The van der Waals surface area contributed by atoms with Crippen molar-refractivity contribution in [3.05, 3.63) is 12.7 Å². The van der Waals surface area contributed by atoms with E-state index in [1.54, 1.807) is 12.7 Å². The molecule has 0 aliphatic carbocycles. The normalized spacial score (nSPS) is 20.8. The van der Waals surface area contributed by atoms with E-state index in [0.717, 1.165) is 39.4 Å². The number of rotatable bonds is 6. The van der Waals surface area contributed by atoms with E-state index in [1.807, 2.05) is 4.68 Å². The monoisotopic (exact) mass is 253 g/mol. The molecule has 1 saturated heterocycles. The van der Waals surface area contributed by atoms with Gasteiger partial charge in [-0.1, -0.05) is 0 Å². The van der Waals surface area contributed by atoms with Crippen molar-refractivity contribution in [2.24, 2.45) is 0 Å². The fourth-order valence-electron chi connectivity index (χ4n) is 2.15. The van der Waals surface area contributed by atoms with Crippen LogP contribution in [0.4, 0.5) is 0 Å². The maximum atomic E-state index is 5.35. The highest BCUT2D eigenvalue weighted by Gasteiger charge is 2.14. The van der Waals surface area contributed by atoms with E-state index in [2.05, 4.69) is 34.1 Å². The van der Waals surface area contributed by atoms with E-state index in [1.165, 1.54) is 0 Å². The van der Waals surface area contributed by atoms with Gasteiger partial charge in [0.1, 0.15) is 12.7 Å². The molecule has 1 fully saturated rings. The number of aromatic nitrogens is 3. The van der Waals surface area contributed by atoms with E-state index in [4.69, 9.17) is 4.74 Å². The molecule has 1 aliphatic heterocycles. The Morgan fingerprint density at radius 2 is 2.11 bits per heavy atom. The summed E-state index contributed by atoms with van der Waals surface area (Å²) in [6, 6.07) is 0.814. The van der Waals surface area contributed by atoms with E-state index < -0.39 is 0 Å². The van der Waals surface area contributed by atoms with Gasteiger partial charge in [0.05, 0.1) is 19.3 Å². The van der Waals surface area contributed by atoms with Crippen LogP contribution in [0.2, 0.25) is 0 Å². The molecule has 102 valence electrons. The SMILES string of the molecule is CC(CN1CCOCC1)NCC(C)n1cncn1. The first-order valence-electron chi connectivity index (χ1n) is 6.63. The van der Waals surface area contributed by atoms with E-state index in [0.29, 0.717) is 12.1 Å². The van der Waals surface area contributed by atoms with Gasteiger partial charge >= 0.3 is 0 Å². The number of nitrogens with zero attached hydrogens (tertiary/aromatic N) is 4. The largest absolute Gasteiger partial charge is 0.379 e. The van der Waals surface area contributed by atoms with Crippen molar-refractivity contribution in [1.29, 1.82) is 0 Å². The summed E-state index contributed by atoms with van der Waals surface area (Å²) in [5.41, 5.74) is 0. The molecule has 2 unspecified atom stereocenters. The molecule has 1 N–H and O–H groups in total. The van der Waals surface area contributed by atoms with Gasteiger partial charge in [-0.25, -0.2) is 9.67 Å². The van der Waals surface area contributed by atoms with Gasteiger partial charge in [-0.3, -0.25) is 4.90 Å². The molecule has 0 amide bonds. The number of hydrogen-bond acceptors (Lipinski definition) is 5. The molecule has 0 spiro atoms. The minimum Gasteiger partial charge on any atom is -0.379 e. The molecular weight excluding hydrogens is 230 g/mol. The van der Waals surface area contributed by atoms with Crippen LogP contribution in [0.15, 0.2) is 12.7 Å². The summed E-state index contributed by atoms with van der Waals surface area (Å²) in [5, 5.41) is 7.70. The minimum atomic E-state index is 0.333. The van der Waals surface area contributed by atoms with Crippen LogP contribution in [0.3, 0.4) is 0 Å². The Morgan fingerprint density at radius 3 is 2.78 bits per heavy atom. The van der Waals surface area contributed by atoms with Crippen molar-refractivity contribution < 1.29 is 4.74 Å². The third-order valence-corrected chi connectivity index (χ3v) is 3.29. The number of nitrogens with one attached hydrogen (secondary N) is 1. The zero-order valence-corrected chi connectivity index (χ0v) is 11.2. The van der Waals surface area contributed by atoms with Crippen molar-refractivity contribution in [1.82, 2.24) is 25.0 Å². The second kappa shape index (κ2) is 6.82. The van der Waals surface area contributed by atoms with E-state index >= 15 is 0 Å². The van der Waals surface area contributed by atoms with Gasteiger partial charge in [-0.2, -0.15) is 5.10 Å². The fourth-order valence-corrected chi connectivity index (χ4v) is 2.15. The summed E-state index contributed by atoms with van der Waals surface area (Å²) in [6.45, 7) is 10.2. The Balaban J connectivity index is 1.66. The molecule has 0 aromatic carbocycles. The quantitative estimate of drug-likeness (QED) is 0.782. The van der Waals surface area contributed by atoms with Gasteiger partial charge in [-0.15, -0.1) is 0 Å². The maximum Gasteiger partial charge on any atom is 0.137 e. The Morgan fingerprint density at radius 1 is 1.33 bits per heavy atom. The lowest BCUT2D eigenvalue weighted by molar-refractivity contribution is 0.0342. The van der Waals surface area contributed by atoms with Gasteiger partial charge in [0.25, 0.3) is 0 Å². The summed E-state index contributed by atoms with van der Waals surface area (Å²) < 4.78 is 7.23. The maximum absolute atomic E-state index is 5.35. The highest BCUT2D eigenvalue weighted by atomic mass is 16.5. The average molecular weight is 253 g/mol.